The minimum Gasteiger partial charge on any atom is -0.478 e. The Morgan fingerprint density at radius 3 is 2.75 bits per heavy atom. The lowest BCUT2D eigenvalue weighted by molar-refractivity contribution is -0.131. The maximum Gasteiger partial charge on any atom is 0.328 e. The number of nitrogens with zero attached hydrogens (tertiary/aromatic N) is 1. The van der Waals surface area contributed by atoms with Gasteiger partial charge >= 0.3 is 5.97 Å². The minimum absolute atomic E-state index is 0.0142. The number of carbonyl (C=O) groups excluding carboxylic acids is 1. The van der Waals surface area contributed by atoms with Gasteiger partial charge in [0.1, 0.15) is 0 Å². The molecule has 0 unspecified atom stereocenters. The zero-order chi connectivity index (χ0) is 14.6. The lowest BCUT2D eigenvalue weighted by atomic mass is 9.75. The quantitative estimate of drug-likeness (QED) is 0.836. The van der Waals surface area contributed by atoms with Gasteiger partial charge in [0.05, 0.1) is 0 Å². The van der Waals surface area contributed by atoms with Gasteiger partial charge in [-0.05, 0) is 18.9 Å². The molecule has 1 aliphatic carbocycles. The molecular weight excluding hydrogens is 276 g/mol. The summed E-state index contributed by atoms with van der Waals surface area (Å²) in [6.07, 6.45) is 9.29. The largest absolute Gasteiger partial charge is 0.478 e. The van der Waals surface area contributed by atoms with Gasteiger partial charge in [-0.25, -0.2) is 9.78 Å². The maximum absolute atomic E-state index is 12.3. The molecule has 20 heavy (non-hydrogen) atoms. The van der Waals surface area contributed by atoms with Crippen molar-refractivity contribution < 1.29 is 14.7 Å². The fourth-order valence-electron chi connectivity index (χ4n) is 2.38. The molecule has 5 nitrogen and oxygen atoms in total. The Bertz CT molecular complexity index is 530. The van der Waals surface area contributed by atoms with E-state index in [1.54, 1.807) is 6.20 Å². The summed E-state index contributed by atoms with van der Waals surface area (Å²) in [5.41, 5.74) is -0.305. The Morgan fingerprint density at radius 1 is 1.40 bits per heavy atom. The fraction of sp³-hybridized carbons (Fsp3) is 0.500. The molecule has 1 aliphatic rings. The van der Waals surface area contributed by atoms with Crippen LogP contribution in [0.3, 0.4) is 0 Å². The third-order valence-electron chi connectivity index (χ3n) is 3.64. The molecule has 1 saturated carbocycles. The molecule has 2 N–H and O–H groups in total. The van der Waals surface area contributed by atoms with Crippen molar-refractivity contribution in [3.63, 3.8) is 0 Å². The number of carboxylic acid groups (broad SMARTS) is 1. The second-order valence-corrected chi connectivity index (χ2v) is 6.38. The number of thiazole rings is 1. The van der Waals surface area contributed by atoms with Gasteiger partial charge in [0.15, 0.2) is 5.13 Å². The van der Waals surface area contributed by atoms with E-state index in [4.69, 9.17) is 5.11 Å². The van der Waals surface area contributed by atoms with Gasteiger partial charge in [0.2, 0.25) is 5.91 Å². The first-order valence-electron chi connectivity index (χ1n) is 6.68. The first kappa shape index (κ1) is 14.7. The Hall–Kier alpha value is -1.69. The van der Waals surface area contributed by atoms with Crippen LogP contribution in [-0.4, -0.2) is 22.0 Å². The number of carbonyl (C=O) groups is 2. The predicted octanol–water partition coefficient (Wildman–Crippen LogP) is 3.15. The Labute approximate surface area is 121 Å². The van der Waals surface area contributed by atoms with E-state index in [-0.39, 0.29) is 11.3 Å². The Morgan fingerprint density at radius 2 is 2.10 bits per heavy atom. The van der Waals surface area contributed by atoms with E-state index in [0.717, 1.165) is 31.8 Å². The van der Waals surface area contributed by atoms with Crippen LogP contribution in [0, 0.1) is 5.41 Å². The summed E-state index contributed by atoms with van der Waals surface area (Å²) in [6, 6.07) is 0. The van der Waals surface area contributed by atoms with Crippen LogP contribution in [0.2, 0.25) is 0 Å². The molecule has 6 heteroatoms. The van der Waals surface area contributed by atoms with Crippen molar-refractivity contribution in [1.82, 2.24) is 4.98 Å². The summed E-state index contributed by atoms with van der Waals surface area (Å²) < 4.78 is 0. The number of nitrogens with one attached hydrogen (secondary N) is 1. The molecule has 108 valence electrons. The molecule has 0 aliphatic heterocycles. The number of rotatable bonds is 4. The van der Waals surface area contributed by atoms with E-state index < -0.39 is 5.97 Å². The number of hydrogen-bond acceptors (Lipinski definition) is 4. The van der Waals surface area contributed by atoms with E-state index in [1.807, 2.05) is 6.92 Å². The van der Waals surface area contributed by atoms with Crippen molar-refractivity contribution in [2.75, 3.05) is 5.32 Å². The first-order chi connectivity index (χ1) is 9.49. The molecule has 0 saturated heterocycles. The molecule has 1 aromatic rings. The summed E-state index contributed by atoms with van der Waals surface area (Å²) >= 11 is 1.27. The molecule has 0 bridgehead atoms. The van der Waals surface area contributed by atoms with Gasteiger partial charge in [-0.2, -0.15) is 0 Å². The molecule has 1 amide bonds. The van der Waals surface area contributed by atoms with Crippen molar-refractivity contribution in [3.05, 3.63) is 17.2 Å². The number of amides is 1. The normalized spacial score (nSPS) is 18.1. The molecule has 0 spiro atoms. The fourth-order valence-corrected chi connectivity index (χ4v) is 3.10. The second kappa shape index (κ2) is 6.17. The van der Waals surface area contributed by atoms with E-state index in [0.29, 0.717) is 10.0 Å². The van der Waals surface area contributed by atoms with Crippen LogP contribution in [0.25, 0.3) is 6.08 Å². The Balaban J connectivity index is 1.99. The van der Waals surface area contributed by atoms with Crippen molar-refractivity contribution >= 4 is 34.4 Å². The van der Waals surface area contributed by atoms with E-state index >= 15 is 0 Å². The molecule has 1 fully saturated rings. The third-order valence-corrected chi connectivity index (χ3v) is 4.52. The third kappa shape index (κ3) is 3.66. The van der Waals surface area contributed by atoms with Crippen molar-refractivity contribution in [2.24, 2.45) is 5.41 Å². The molecule has 2 rings (SSSR count). The van der Waals surface area contributed by atoms with Crippen LogP contribution >= 0.6 is 11.3 Å². The van der Waals surface area contributed by atoms with Crippen molar-refractivity contribution in [2.45, 2.75) is 39.0 Å². The minimum atomic E-state index is -1.00. The van der Waals surface area contributed by atoms with Crippen LogP contribution in [0.5, 0.6) is 0 Å². The van der Waals surface area contributed by atoms with Gasteiger partial charge in [-0.3, -0.25) is 4.79 Å². The van der Waals surface area contributed by atoms with Crippen LogP contribution in [-0.2, 0) is 9.59 Å². The van der Waals surface area contributed by atoms with Crippen LogP contribution in [0.15, 0.2) is 12.3 Å². The summed E-state index contributed by atoms with van der Waals surface area (Å²) in [4.78, 5) is 27.5. The van der Waals surface area contributed by atoms with Crippen molar-refractivity contribution in [3.8, 4) is 0 Å². The molecule has 0 atom stereocenters. The highest BCUT2D eigenvalue weighted by Crippen LogP contribution is 2.37. The molecule has 0 aromatic carbocycles. The zero-order valence-electron chi connectivity index (χ0n) is 11.4. The van der Waals surface area contributed by atoms with Gasteiger partial charge in [-0.15, -0.1) is 0 Å². The second-order valence-electron chi connectivity index (χ2n) is 5.31. The summed E-state index contributed by atoms with van der Waals surface area (Å²) in [7, 11) is 0. The van der Waals surface area contributed by atoms with E-state index in [1.165, 1.54) is 23.8 Å². The maximum atomic E-state index is 12.3. The van der Waals surface area contributed by atoms with Gasteiger partial charge in [-0.1, -0.05) is 37.5 Å². The number of carboxylic acids is 1. The highest BCUT2D eigenvalue weighted by molar-refractivity contribution is 7.16. The highest BCUT2D eigenvalue weighted by atomic mass is 32.1. The number of hydrogen-bond donors (Lipinski definition) is 2. The van der Waals surface area contributed by atoms with E-state index in [9.17, 15) is 9.59 Å². The monoisotopic (exact) mass is 294 g/mol. The number of aliphatic carboxylic acids is 1. The van der Waals surface area contributed by atoms with Crippen LogP contribution in [0.4, 0.5) is 5.13 Å². The standard InChI is InChI=1S/C14H18N2O3S/c1-14(7-3-2-4-8-14)12(19)16-13-15-9-10(20-13)5-6-11(17)18/h5-6,9H,2-4,7-8H2,1H3,(H,17,18)(H,15,16,19)/b6-5+. The zero-order valence-corrected chi connectivity index (χ0v) is 12.2. The smallest absolute Gasteiger partial charge is 0.328 e. The van der Waals surface area contributed by atoms with Gasteiger partial charge in [0, 0.05) is 22.6 Å². The predicted molar refractivity (Wildman–Crippen MR) is 78.6 cm³/mol. The number of anilines is 1. The molecule has 0 radical (unpaired) electrons. The topological polar surface area (TPSA) is 79.3 Å². The summed E-state index contributed by atoms with van der Waals surface area (Å²) in [5.74, 6) is -0.987. The highest BCUT2D eigenvalue weighted by Gasteiger charge is 2.34. The van der Waals surface area contributed by atoms with Gasteiger partial charge < -0.3 is 10.4 Å². The molecular formula is C14H18N2O3S. The summed E-state index contributed by atoms with van der Waals surface area (Å²) in [6.45, 7) is 2.00. The SMILES string of the molecule is CC1(C(=O)Nc2ncc(/C=C/C(=O)O)s2)CCCCC1. The molecule has 1 heterocycles. The average Bonchev–Trinajstić information content (AvgIpc) is 2.85. The van der Waals surface area contributed by atoms with E-state index in [2.05, 4.69) is 10.3 Å². The lowest BCUT2D eigenvalue weighted by Gasteiger charge is -2.31. The Kier molecular flexibility index (Phi) is 4.54. The molecule has 1 aromatic heterocycles. The van der Waals surface area contributed by atoms with Crippen LogP contribution < -0.4 is 5.32 Å². The van der Waals surface area contributed by atoms with Crippen LogP contribution in [0.1, 0.15) is 43.9 Å². The van der Waals surface area contributed by atoms with Gasteiger partial charge in [0.25, 0.3) is 0 Å². The first-order valence-corrected chi connectivity index (χ1v) is 7.49. The average molecular weight is 294 g/mol. The summed E-state index contributed by atoms with van der Waals surface area (Å²) in [5, 5.41) is 11.9. The lowest BCUT2D eigenvalue weighted by Crippen LogP contribution is -2.35. The van der Waals surface area contributed by atoms with Crippen molar-refractivity contribution in [1.29, 1.82) is 0 Å². The number of aromatic nitrogens is 1.